The van der Waals surface area contributed by atoms with E-state index in [1.807, 2.05) is 24.3 Å². The van der Waals surface area contributed by atoms with Crippen molar-refractivity contribution in [3.8, 4) is 17.1 Å². The Morgan fingerprint density at radius 2 is 1.81 bits per heavy atom. The zero-order chi connectivity index (χ0) is 14.8. The Bertz CT molecular complexity index is 637. The predicted molar refractivity (Wildman–Crippen MR) is 87.3 cm³/mol. The summed E-state index contributed by atoms with van der Waals surface area (Å²) in [5, 5.41) is 0. The van der Waals surface area contributed by atoms with Crippen molar-refractivity contribution in [3.05, 3.63) is 34.4 Å². The van der Waals surface area contributed by atoms with Crippen LogP contribution in [0.5, 0.6) is 5.75 Å². The van der Waals surface area contributed by atoms with Crippen LogP contribution in [0.15, 0.2) is 28.7 Å². The smallest absolute Gasteiger partial charge is 0.161 e. The van der Waals surface area contributed by atoms with Crippen molar-refractivity contribution in [2.45, 2.75) is 31.6 Å². The third-order valence-electron chi connectivity index (χ3n) is 3.99. The molecule has 0 aliphatic heterocycles. The quantitative estimate of drug-likeness (QED) is 0.905. The van der Waals surface area contributed by atoms with Gasteiger partial charge in [0.1, 0.15) is 11.6 Å². The fraction of sp³-hybridized carbons (Fsp3) is 0.375. The van der Waals surface area contributed by atoms with E-state index in [9.17, 15) is 0 Å². The number of rotatable bonds is 3. The second-order valence-electron chi connectivity index (χ2n) is 5.34. The van der Waals surface area contributed by atoms with E-state index < -0.39 is 0 Å². The second-order valence-corrected chi connectivity index (χ2v) is 6.13. The monoisotopic (exact) mass is 347 g/mol. The standard InChI is InChI=1S/C16H18BrN3O/c1-21-12-8-6-11(7-9-12)16-19-14(10-4-2-3-5-10)13(17)15(18)20-16/h6-10H,2-5H2,1H3,(H2,18,19,20). The highest BCUT2D eigenvalue weighted by Crippen LogP contribution is 2.39. The topological polar surface area (TPSA) is 61.0 Å². The van der Waals surface area contributed by atoms with Crippen LogP contribution in [0.3, 0.4) is 0 Å². The average molecular weight is 348 g/mol. The minimum absolute atomic E-state index is 0.488. The first-order chi connectivity index (χ1) is 10.2. The number of halogens is 1. The molecule has 4 nitrogen and oxygen atoms in total. The number of anilines is 1. The minimum Gasteiger partial charge on any atom is -0.497 e. The number of aromatic nitrogens is 2. The van der Waals surface area contributed by atoms with Crippen molar-refractivity contribution < 1.29 is 4.74 Å². The van der Waals surface area contributed by atoms with Crippen molar-refractivity contribution >= 4 is 21.7 Å². The van der Waals surface area contributed by atoms with Gasteiger partial charge in [-0.3, -0.25) is 0 Å². The molecule has 0 bridgehead atoms. The van der Waals surface area contributed by atoms with Crippen molar-refractivity contribution in [1.29, 1.82) is 0 Å². The summed E-state index contributed by atoms with van der Waals surface area (Å²) < 4.78 is 6.03. The number of benzene rings is 1. The summed E-state index contributed by atoms with van der Waals surface area (Å²) in [6, 6.07) is 7.73. The van der Waals surface area contributed by atoms with Gasteiger partial charge in [-0.15, -0.1) is 0 Å². The molecule has 0 radical (unpaired) electrons. The summed E-state index contributed by atoms with van der Waals surface area (Å²) in [6.45, 7) is 0. The van der Waals surface area contributed by atoms with Crippen LogP contribution in [0, 0.1) is 0 Å². The van der Waals surface area contributed by atoms with E-state index in [0.717, 1.165) is 21.5 Å². The van der Waals surface area contributed by atoms with Gasteiger partial charge in [-0.2, -0.15) is 0 Å². The summed E-state index contributed by atoms with van der Waals surface area (Å²) in [4.78, 5) is 9.17. The SMILES string of the molecule is COc1ccc(-c2nc(N)c(Br)c(C3CCCC3)n2)cc1. The van der Waals surface area contributed by atoms with Gasteiger partial charge in [-0.25, -0.2) is 9.97 Å². The van der Waals surface area contributed by atoms with Crippen molar-refractivity contribution in [2.75, 3.05) is 12.8 Å². The Balaban J connectivity index is 2.01. The number of hydrogen-bond acceptors (Lipinski definition) is 4. The molecule has 0 atom stereocenters. The van der Waals surface area contributed by atoms with Gasteiger partial charge < -0.3 is 10.5 Å². The molecular weight excluding hydrogens is 330 g/mol. The van der Waals surface area contributed by atoms with Crippen LogP contribution in [0.4, 0.5) is 5.82 Å². The lowest BCUT2D eigenvalue weighted by Gasteiger charge is -2.14. The van der Waals surface area contributed by atoms with Gasteiger partial charge in [0.05, 0.1) is 17.3 Å². The Labute approximate surface area is 132 Å². The largest absolute Gasteiger partial charge is 0.497 e. The molecule has 0 saturated heterocycles. The van der Waals surface area contributed by atoms with Crippen LogP contribution >= 0.6 is 15.9 Å². The van der Waals surface area contributed by atoms with Gasteiger partial charge in [0, 0.05) is 11.5 Å². The second kappa shape index (κ2) is 6.02. The van der Waals surface area contributed by atoms with Crippen LogP contribution in [0.2, 0.25) is 0 Å². The summed E-state index contributed by atoms with van der Waals surface area (Å²) in [7, 11) is 1.65. The lowest BCUT2D eigenvalue weighted by atomic mass is 10.0. The van der Waals surface area contributed by atoms with E-state index in [1.165, 1.54) is 25.7 Å². The van der Waals surface area contributed by atoms with Crippen molar-refractivity contribution in [3.63, 3.8) is 0 Å². The van der Waals surface area contributed by atoms with Crippen LogP contribution in [0.1, 0.15) is 37.3 Å². The number of nitrogens with zero attached hydrogens (tertiary/aromatic N) is 2. The van der Waals surface area contributed by atoms with Gasteiger partial charge in [-0.1, -0.05) is 12.8 Å². The van der Waals surface area contributed by atoms with Crippen LogP contribution in [-0.2, 0) is 0 Å². The van der Waals surface area contributed by atoms with Crippen molar-refractivity contribution in [1.82, 2.24) is 9.97 Å². The third-order valence-corrected chi connectivity index (χ3v) is 4.81. The molecule has 21 heavy (non-hydrogen) atoms. The first-order valence-corrected chi connectivity index (χ1v) is 7.95. The van der Waals surface area contributed by atoms with Gasteiger partial charge >= 0.3 is 0 Å². The van der Waals surface area contributed by atoms with Crippen LogP contribution < -0.4 is 10.5 Å². The molecule has 2 aromatic rings. The maximum atomic E-state index is 6.06. The third kappa shape index (κ3) is 2.88. The number of methoxy groups -OCH3 is 1. The number of hydrogen-bond donors (Lipinski definition) is 1. The number of nitrogen functional groups attached to an aromatic ring is 1. The maximum Gasteiger partial charge on any atom is 0.161 e. The molecule has 1 aromatic heterocycles. The number of ether oxygens (including phenoxy) is 1. The first-order valence-electron chi connectivity index (χ1n) is 7.16. The fourth-order valence-electron chi connectivity index (χ4n) is 2.82. The Kier molecular flexibility index (Phi) is 4.10. The predicted octanol–water partition coefficient (Wildman–Crippen LogP) is 4.15. The van der Waals surface area contributed by atoms with Crippen LogP contribution in [0.25, 0.3) is 11.4 Å². The van der Waals surface area contributed by atoms with E-state index in [-0.39, 0.29) is 0 Å². The molecular formula is C16H18BrN3O. The lowest BCUT2D eigenvalue weighted by molar-refractivity contribution is 0.415. The molecule has 0 spiro atoms. The Hall–Kier alpha value is -1.62. The van der Waals surface area contributed by atoms with Gasteiger partial charge in [0.2, 0.25) is 0 Å². The van der Waals surface area contributed by atoms with E-state index in [2.05, 4.69) is 20.9 Å². The minimum atomic E-state index is 0.488. The molecule has 0 unspecified atom stereocenters. The molecule has 1 aliphatic carbocycles. The van der Waals surface area contributed by atoms with E-state index in [1.54, 1.807) is 7.11 Å². The summed E-state index contributed by atoms with van der Waals surface area (Å²) in [5.74, 6) is 2.50. The highest BCUT2D eigenvalue weighted by molar-refractivity contribution is 9.10. The van der Waals surface area contributed by atoms with Gasteiger partial charge in [0.15, 0.2) is 5.82 Å². The highest BCUT2D eigenvalue weighted by atomic mass is 79.9. The molecule has 1 fully saturated rings. The molecule has 3 rings (SSSR count). The van der Waals surface area contributed by atoms with Crippen LogP contribution in [-0.4, -0.2) is 17.1 Å². The lowest BCUT2D eigenvalue weighted by Crippen LogP contribution is -2.05. The number of nitrogens with two attached hydrogens (primary N) is 1. The average Bonchev–Trinajstić information content (AvgIpc) is 3.04. The molecule has 1 saturated carbocycles. The molecule has 2 N–H and O–H groups in total. The maximum absolute atomic E-state index is 6.06. The zero-order valence-electron chi connectivity index (χ0n) is 12.0. The van der Waals surface area contributed by atoms with E-state index in [4.69, 9.17) is 15.5 Å². The normalized spacial score (nSPS) is 15.3. The summed E-state index contributed by atoms with van der Waals surface area (Å²) >= 11 is 3.55. The summed E-state index contributed by atoms with van der Waals surface area (Å²) in [5.41, 5.74) is 8.06. The molecule has 0 amide bonds. The van der Waals surface area contributed by atoms with E-state index >= 15 is 0 Å². The van der Waals surface area contributed by atoms with Gasteiger partial charge in [0.25, 0.3) is 0 Å². The molecule has 1 aliphatic rings. The summed E-state index contributed by atoms with van der Waals surface area (Å²) in [6.07, 6.45) is 4.88. The zero-order valence-corrected chi connectivity index (χ0v) is 13.6. The van der Waals surface area contributed by atoms with Crippen molar-refractivity contribution in [2.24, 2.45) is 0 Å². The van der Waals surface area contributed by atoms with Gasteiger partial charge in [-0.05, 0) is 53.0 Å². The fourth-order valence-corrected chi connectivity index (χ4v) is 3.32. The molecule has 110 valence electrons. The van der Waals surface area contributed by atoms with E-state index in [0.29, 0.717) is 17.6 Å². The first kappa shape index (κ1) is 14.3. The highest BCUT2D eigenvalue weighted by Gasteiger charge is 2.23. The Morgan fingerprint density at radius 1 is 1.14 bits per heavy atom. The molecule has 1 heterocycles. The Morgan fingerprint density at radius 3 is 2.43 bits per heavy atom. The molecule has 1 aromatic carbocycles. The molecule has 5 heteroatoms.